The fraction of sp³-hybridized carbons (Fsp3) is 0.0909. The number of carbonyl (C=O) groups excluding carboxylic acids is 2. The molecule has 4 nitrogen and oxygen atoms in total. The van der Waals surface area contributed by atoms with E-state index >= 15 is 0 Å². The molecule has 0 N–H and O–H groups in total. The van der Waals surface area contributed by atoms with Gasteiger partial charge in [0.25, 0.3) is 11.1 Å². The van der Waals surface area contributed by atoms with E-state index in [1.807, 2.05) is 61.5 Å². The van der Waals surface area contributed by atoms with Crippen LogP contribution in [0.15, 0.2) is 81.8 Å². The fourth-order valence-corrected chi connectivity index (χ4v) is 3.97. The van der Waals surface area contributed by atoms with Crippen LogP contribution in [0.4, 0.5) is 4.79 Å². The maximum atomic E-state index is 12.8. The lowest BCUT2D eigenvalue weighted by molar-refractivity contribution is -0.123. The van der Waals surface area contributed by atoms with Crippen LogP contribution in [0.3, 0.4) is 0 Å². The van der Waals surface area contributed by atoms with E-state index in [0.29, 0.717) is 10.7 Å². The highest BCUT2D eigenvalue weighted by Gasteiger charge is 2.35. The minimum Gasteiger partial charge on any atom is -0.465 e. The molecule has 134 valence electrons. The average Bonchev–Trinajstić information content (AvgIpc) is 3.26. The van der Waals surface area contributed by atoms with Gasteiger partial charge in [0.1, 0.15) is 5.76 Å². The Morgan fingerprint density at radius 1 is 1.07 bits per heavy atom. The zero-order valence-electron chi connectivity index (χ0n) is 14.7. The van der Waals surface area contributed by atoms with Crippen LogP contribution in [0.1, 0.15) is 18.2 Å². The molecular formula is C22H17NO3S. The Morgan fingerprint density at radius 3 is 2.70 bits per heavy atom. The molecule has 4 rings (SSSR count). The van der Waals surface area contributed by atoms with Gasteiger partial charge in [-0.1, -0.05) is 42.5 Å². The zero-order valence-corrected chi connectivity index (χ0v) is 15.5. The fourth-order valence-electron chi connectivity index (χ4n) is 3.08. The normalized spacial score (nSPS) is 16.7. The summed E-state index contributed by atoms with van der Waals surface area (Å²) in [5, 5.41) is 1.90. The summed E-state index contributed by atoms with van der Waals surface area (Å²) in [6.45, 7) is 2.14. The summed E-state index contributed by atoms with van der Waals surface area (Å²) in [4.78, 5) is 26.9. The number of hydrogen-bond acceptors (Lipinski definition) is 4. The molecular weight excluding hydrogens is 358 g/mol. The van der Waals surface area contributed by atoms with E-state index in [4.69, 9.17) is 4.42 Å². The molecule has 5 heteroatoms. The van der Waals surface area contributed by atoms with E-state index < -0.39 is 0 Å². The first-order valence-electron chi connectivity index (χ1n) is 8.55. The molecule has 27 heavy (non-hydrogen) atoms. The van der Waals surface area contributed by atoms with Crippen molar-refractivity contribution in [3.05, 3.63) is 88.7 Å². The van der Waals surface area contributed by atoms with Gasteiger partial charge in [-0.2, -0.15) is 0 Å². The quantitative estimate of drug-likeness (QED) is 0.556. The van der Waals surface area contributed by atoms with Gasteiger partial charge >= 0.3 is 0 Å². The maximum absolute atomic E-state index is 12.8. The minimum atomic E-state index is -0.259. The first-order chi connectivity index (χ1) is 13.1. The number of imide groups is 1. The van der Waals surface area contributed by atoms with Crippen molar-refractivity contribution < 1.29 is 14.0 Å². The molecule has 2 heterocycles. The predicted molar refractivity (Wildman–Crippen MR) is 108 cm³/mol. The van der Waals surface area contributed by atoms with Crippen molar-refractivity contribution in [2.45, 2.75) is 13.5 Å². The minimum absolute atomic E-state index is 0.245. The summed E-state index contributed by atoms with van der Waals surface area (Å²) in [7, 11) is 0. The SMILES string of the molecule is CC(/C=C1\SC(=O)N(Cc2cccc3ccccc23)C1=O)=C\c1ccco1. The molecule has 1 aliphatic heterocycles. The topological polar surface area (TPSA) is 50.5 Å². The predicted octanol–water partition coefficient (Wildman–Crippen LogP) is 5.62. The second-order valence-corrected chi connectivity index (χ2v) is 7.30. The van der Waals surface area contributed by atoms with Gasteiger partial charge in [-0.25, -0.2) is 0 Å². The number of hydrogen-bond donors (Lipinski definition) is 0. The summed E-state index contributed by atoms with van der Waals surface area (Å²) in [6, 6.07) is 17.5. The Kier molecular flexibility index (Phi) is 4.69. The third-order valence-electron chi connectivity index (χ3n) is 4.35. The molecule has 0 atom stereocenters. The number of nitrogens with zero attached hydrogens (tertiary/aromatic N) is 1. The van der Waals surface area contributed by atoms with Crippen LogP contribution >= 0.6 is 11.8 Å². The molecule has 0 bridgehead atoms. The number of benzene rings is 2. The van der Waals surface area contributed by atoms with Gasteiger partial charge in [0.2, 0.25) is 0 Å². The van der Waals surface area contributed by atoms with E-state index in [2.05, 4.69) is 0 Å². The molecule has 2 amide bonds. The van der Waals surface area contributed by atoms with Crippen molar-refractivity contribution in [1.29, 1.82) is 0 Å². The molecule has 1 aromatic heterocycles. The van der Waals surface area contributed by atoms with Crippen LogP contribution in [0.2, 0.25) is 0 Å². The van der Waals surface area contributed by atoms with Gasteiger partial charge in [0.05, 0.1) is 17.7 Å². The first kappa shape index (κ1) is 17.4. The second kappa shape index (κ2) is 7.29. The van der Waals surface area contributed by atoms with Crippen LogP contribution in [-0.4, -0.2) is 16.0 Å². The summed E-state index contributed by atoms with van der Waals surface area (Å²) in [5.74, 6) is 0.448. The average molecular weight is 375 g/mol. The van der Waals surface area contributed by atoms with Gasteiger partial charge in [0.15, 0.2) is 0 Å². The number of furan rings is 1. The summed E-state index contributed by atoms with van der Waals surface area (Å²) >= 11 is 0.974. The van der Waals surface area contributed by atoms with E-state index in [1.165, 1.54) is 4.90 Å². The number of allylic oxidation sites excluding steroid dienone is 2. The molecule has 1 aliphatic rings. The van der Waals surface area contributed by atoms with Gasteiger partial charge in [-0.3, -0.25) is 14.5 Å². The molecule has 2 aromatic carbocycles. The van der Waals surface area contributed by atoms with E-state index in [9.17, 15) is 9.59 Å². The van der Waals surface area contributed by atoms with Crippen molar-refractivity contribution >= 4 is 39.8 Å². The lowest BCUT2D eigenvalue weighted by atomic mass is 10.0. The number of carbonyl (C=O) groups is 2. The Morgan fingerprint density at radius 2 is 1.89 bits per heavy atom. The van der Waals surface area contributed by atoms with Crippen LogP contribution < -0.4 is 0 Å². The van der Waals surface area contributed by atoms with Gasteiger partial charge in [-0.15, -0.1) is 0 Å². The van der Waals surface area contributed by atoms with Crippen LogP contribution in [0.25, 0.3) is 16.8 Å². The largest absolute Gasteiger partial charge is 0.465 e. The Balaban J connectivity index is 1.59. The van der Waals surface area contributed by atoms with E-state index in [1.54, 1.807) is 18.4 Å². The summed E-state index contributed by atoms with van der Waals surface area (Å²) in [5.41, 5.74) is 1.81. The van der Waals surface area contributed by atoms with Crippen LogP contribution in [0, 0.1) is 0 Å². The molecule has 1 fully saturated rings. The van der Waals surface area contributed by atoms with E-state index in [0.717, 1.165) is 33.7 Å². The van der Waals surface area contributed by atoms with Crippen LogP contribution in [0.5, 0.6) is 0 Å². The molecule has 0 radical (unpaired) electrons. The highest BCUT2D eigenvalue weighted by molar-refractivity contribution is 8.18. The first-order valence-corrected chi connectivity index (χ1v) is 9.37. The Bertz CT molecular complexity index is 1070. The summed E-state index contributed by atoms with van der Waals surface area (Å²) < 4.78 is 5.28. The molecule has 0 unspecified atom stereocenters. The summed E-state index contributed by atoms with van der Waals surface area (Å²) in [6.07, 6.45) is 5.16. The van der Waals surface area contributed by atoms with Gasteiger partial charge in [-0.05, 0) is 64.9 Å². The maximum Gasteiger partial charge on any atom is 0.293 e. The lowest BCUT2D eigenvalue weighted by Gasteiger charge is -2.14. The molecule has 0 spiro atoms. The second-order valence-electron chi connectivity index (χ2n) is 6.31. The molecule has 3 aromatic rings. The molecule has 1 saturated heterocycles. The monoisotopic (exact) mass is 375 g/mol. The van der Waals surface area contributed by atoms with Crippen molar-refractivity contribution in [1.82, 2.24) is 4.90 Å². The third kappa shape index (κ3) is 3.59. The lowest BCUT2D eigenvalue weighted by Crippen LogP contribution is -2.27. The zero-order chi connectivity index (χ0) is 18.8. The standard InChI is InChI=1S/C22H17NO3S/c1-15(12-18-9-5-11-26-18)13-20-21(24)23(22(25)27-20)14-17-8-4-7-16-6-2-3-10-19(16)17/h2-13H,14H2,1H3/b15-12+,20-13-. The number of amides is 2. The van der Waals surface area contributed by atoms with Crippen molar-refractivity contribution in [3.8, 4) is 0 Å². The van der Waals surface area contributed by atoms with Crippen LogP contribution in [-0.2, 0) is 11.3 Å². The third-order valence-corrected chi connectivity index (χ3v) is 5.26. The van der Waals surface area contributed by atoms with Gasteiger partial charge < -0.3 is 4.42 Å². The number of fused-ring (bicyclic) bond motifs is 1. The molecule has 0 aliphatic carbocycles. The smallest absolute Gasteiger partial charge is 0.293 e. The number of thioether (sulfide) groups is 1. The highest BCUT2D eigenvalue weighted by atomic mass is 32.2. The van der Waals surface area contributed by atoms with E-state index in [-0.39, 0.29) is 17.7 Å². The van der Waals surface area contributed by atoms with Gasteiger partial charge in [0, 0.05) is 0 Å². The highest BCUT2D eigenvalue weighted by Crippen LogP contribution is 2.33. The number of rotatable bonds is 4. The Labute approximate surface area is 161 Å². The van der Waals surface area contributed by atoms with Crippen molar-refractivity contribution in [2.24, 2.45) is 0 Å². The molecule has 0 saturated carbocycles. The Hall–Kier alpha value is -3.05. The van der Waals surface area contributed by atoms with Crippen molar-refractivity contribution in [2.75, 3.05) is 0 Å². The van der Waals surface area contributed by atoms with Crippen molar-refractivity contribution in [3.63, 3.8) is 0 Å².